The Balaban J connectivity index is 2.21. The van der Waals surface area contributed by atoms with E-state index >= 15 is 0 Å². The van der Waals surface area contributed by atoms with Crippen molar-refractivity contribution in [3.63, 3.8) is 0 Å². The molecule has 0 aliphatic rings. The van der Waals surface area contributed by atoms with Gasteiger partial charge in [-0.2, -0.15) is 5.26 Å². The Labute approximate surface area is 126 Å². The first-order chi connectivity index (χ1) is 10.0. The SMILES string of the molecule is Cc1c(CNc2cc(C#N)cc(Cl)n2)cccc1[N+](=O)[O-]. The first-order valence-electron chi connectivity index (χ1n) is 6.05. The van der Waals surface area contributed by atoms with Crippen LogP contribution in [0.3, 0.4) is 0 Å². The van der Waals surface area contributed by atoms with Crippen LogP contribution in [0.1, 0.15) is 16.7 Å². The van der Waals surface area contributed by atoms with Gasteiger partial charge in [0.25, 0.3) is 5.69 Å². The number of hydrogen-bond acceptors (Lipinski definition) is 5. The quantitative estimate of drug-likeness (QED) is 0.530. The second-order valence-electron chi connectivity index (χ2n) is 4.35. The molecule has 0 saturated heterocycles. The molecule has 1 N–H and O–H groups in total. The predicted octanol–water partition coefficient (Wildman–Crippen LogP) is 3.44. The number of aromatic nitrogens is 1. The van der Waals surface area contributed by atoms with Gasteiger partial charge in [0.2, 0.25) is 0 Å². The van der Waals surface area contributed by atoms with Crippen molar-refractivity contribution >= 4 is 23.1 Å². The zero-order valence-corrected chi connectivity index (χ0v) is 11.9. The van der Waals surface area contributed by atoms with Crippen molar-refractivity contribution in [2.75, 3.05) is 5.32 Å². The number of rotatable bonds is 4. The summed E-state index contributed by atoms with van der Waals surface area (Å²) < 4.78 is 0. The van der Waals surface area contributed by atoms with Gasteiger partial charge >= 0.3 is 0 Å². The van der Waals surface area contributed by atoms with E-state index in [0.717, 1.165) is 5.56 Å². The zero-order valence-electron chi connectivity index (χ0n) is 11.1. The van der Waals surface area contributed by atoms with Gasteiger partial charge in [-0.25, -0.2) is 4.98 Å². The summed E-state index contributed by atoms with van der Waals surface area (Å²) in [6, 6.07) is 9.91. The van der Waals surface area contributed by atoms with Crippen molar-refractivity contribution < 1.29 is 4.92 Å². The van der Waals surface area contributed by atoms with Gasteiger partial charge in [-0.05, 0) is 24.6 Å². The van der Waals surface area contributed by atoms with Crippen LogP contribution < -0.4 is 5.32 Å². The maximum Gasteiger partial charge on any atom is 0.272 e. The number of halogens is 1. The molecule has 6 nitrogen and oxygen atoms in total. The Hall–Kier alpha value is -2.65. The second kappa shape index (κ2) is 6.20. The maximum atomic E-state index is 10.9. The number of nitrogens with zero attached hydrogens (tertiary/aromatic N) is 3. The third kappa shape index (κ3) is 3.46. The lowest BCUT2D eigenvalue weighted by Gasteiger charge is -2.09. The van der Waals surface area contributed by atoms with Gasteiger partial charge in [-0.1, -0.05) is 23.7 Å². The second-order valence-corrected chi connectivity index (χ2v) is 4.73. The fraction of sp³-hybridized carbons (Fsp3) is 0.143. The number of nitro groups is 1. The lowest BCUT2D eigenvalue weighted by Crippen LogP contribution is -2.05. The fourth-order valence-electron chi connectivity index (χ4n) is 1.90. The highest BCUT2D eigenvalue weighted by atomic mass is 35.5. The van der Waals surface area contributed by atoms with E-state index in [4.69, 9.17) is 16.9 Å². The van der Waals surface area contributed by atoms with Crippen molar-refractivity contribution in [2.24, 2.45) is 0 Å². The van der Waals surface area contributed by atoms with Crippen LogP contribution >= 0.6 is 11.6 Å². The number of nitriles is 1. The number of nitro benzene ring substituents is 1. The van der Waals surface area contributed by atoms with Gasteiger partial charge < -0.3 is 5.32 Å². The number of hydrogen-bond donors (Lipinski definition) is 1. The largest absolute Gasteiger partial charge is 0.366 e. The van der Waals surface area contributed by atoms with Crippen LogP contribution in [0.2, 0.25) is 5.15 Å². The summed E-state index contributed by atoms with van der Waals surface area (Å²) in [4.78, 5) is 14.5. The third-order valence-electron chi connectivity index (χ3n) is 3.00. The van der Waals surface area contributed by atoms with Crippen molar-refractivity contribution in [2.45, 2.75) is 13.5 Å². The zero-order chi connectivity index (χ0) is 15.4. The molecule has 0 saturated carbocycles. The molecule has 106 valence electrons. The molecule has 0 atom stereocenters. The van der Waals surface area contributed by atoms with E-state index in [1.165, 1.54) is 12.1 Å². The Morgan fingerprint density at radius 2 is 2.24 bits per heavy atom. The van der Waals surface area contributed by atoms with E-state index in [9.17, 15) is 10.1 Å². The molecule has 7 heteroatoms. The average Bonchev–Trinajstić information content (AvgIpc) is 2.45. The third-order valence-corrected chi connectivity index (χ3v) is 3.19. The van der Waals surface area contributed by atoms with E-state index in [-0.39, 0.29) is 10.8 Å². The van der Waals surface area contributed by atoms with Crippen molar-refractivity contribution in [1.29, 1.82) is 5.26 Å². The summed E-state index contributed by atoms with van der Waals surface area (Å²) in [5.41, 5.74) is 1.85. The molecule has 0 fully saturated rings. The molecule has 1 aromatic carbocycles. The molecule has 1 aromatic heterocycles. The summed E-state index contributed by atoms with van der Waals surface area (Å²) in [5.74, 6) is 0.449. The molecule has 2 rings (SSSR count). The van der Waals surface area contributed by atoms with Gasteiger partial charge in [-0.15, -0.1) is 0 Å². The summed E-state index contributed by atoms with van der Waals surface area (Å²) in [6.45, 7) is 2.05. The average molecular weight is 303 g/mol. The highest BCUT2D eigenvalue weighted by molar-refractivity contribution is 6.29. The first kappa shape index (κ1) is 14.8. The van der Waals surface area contributed by atoms with Gasteiger partial charge in [0, 0.05) is 18.2 Å². The first-order valence-corrected chi connectivity index (χ1v) is 6.43. The number of nitrogens with one attached hydrogen (secondary N) is 1. The van der Waals surface area contributed by atoms with E-state index in [0.29, 0.717) is 23.5 Å². The minimum Gasteiger partial charge on any atom is -0.366 e. The topological polar surface area (TPSA) is 91.8 Å². The summed E-state index contributed by atoms with van der Waals surface area (Å²) >= 11 is 5.82. The number of pyridine rings is 1. The van der Waals surface area contributed by atoms with E-state index < -0.39 is 4.92 Å². The molecule has 0 unspecified atom stereocenters. The Morgan fingerprint density at radius 1 is 1.48 bits per heavy atom. The van der Waals surface area contributed by atoms with Crippen LogP contribution in [0.25, 0.3) is 0 Å². The van der Waals surface area contributed by atoms with Crippen molar-refractivity contribution in [3.8, 4) is 6.07 Å². The van der Waals surface area contributed by atoms with Crippen LogP contribution in [0.15, 0.2) is 30.3 Å². The Morgan fingerprint density at radius 3 is 2.90 bits per heavy atom. The van der Waals surface area contributed by atoms with Crippen LogP contribution in [0.5, 0.6) is 0 Å². The fourth-order valence-corrected chi connectivity index (χ4v) is 2.11. The Kier molecular flexibility index (Phi) is 4.36. The molecule has 0 aliphatic heterocycles. The van der Waals surface area contributed by atoms with Crippen molar-refractivity contribution in [1.82, 2.24) is 4.98 Å². The summed E-state index contributed by atoms with van der Waals surface area (Å²) in [7, 11) is 0. The van der Waals surface area contributed by atoms with Crippen LogP contribution in [0.4, 0.5) is 11.5 Å². The lowest BCUT2D eigenvalue weighted by molar-refractivity contribution is -0.385. The standard InChI is InChI=1S/C14H11ClN4O2/c1-9-11(3-2-4-12(9)19(20)21)8-17-14-6-10(7-16)5-13(15)18-14/h2-6H,8H2,1H3,(H,17,18). The number of benzene rings is 1. The van der Waals surface area contributed by atoms with E-state index in [1.54, 1.807) is 25.1 Å². The van der Waals surface area contributed by atoms with Gasteiger partial charge in [0.1, 0.15) is 11.0 Å². The predicted molar refractivity (Wildman–Crippen MR) is 79.1 cm³/mol. The smallest absolute Gasteiger partial charge is 0.272 e. The Bertz CT molecular complexity index is 740. The molecule has 0 radical (unpaired) electrons. The highest BCUT2D eigenvalue weighted by Crippen LogP contribution is 2.22. The van der Waals surface area contributed by atoms with Gasteiger partial charge in [0.15, 0.2) is 0 Å². The molecule has 1 heterocycles. The minimum atomic E-state index is -0.412. The molecule has 0 amide bonds. The van der Waals surface area contributed by atoms with Crippen LogP contribution in [-0.4, -0.2) is 9.91 Å². The number of anilines is 1. The normalized spacial score (nSPS) is 9.95. The van der Waals surface area contributed by atoms with E-state index in [1.807, 2.05) is 6.07 Å². The van der Waals surface area contributed by atoms with Crippen LogP contribution in [0, 0.1) is 28.4 Å². The van der Waals surface area contributed by atoms with Crippen LogP contribution in [-0.2, 0) is 6.54 Å². The van der Waals surface area contributed by atoms with Gasteiger partial charge in [-0.3, -0.25) is 10.1 Å². The molecular formula is C14H11ClN4O2. The highest BCUT2D eigenvalue weighted by Gasteiger charge is 2.13. The molecule has 2 aromatic rings. The monoisotopic (exact) mass is 302 g/mol. The van der Waals surface area contributed by atoms with E-state index in [2.05, 4.69) is 10.3 Å². The molecule has 0 aliphatic carbocycles. The molecule has 0 bridgehead atoms. The lowest BCUT2D eigenvalue weighted by atomic mass is 10.1. The molecule has 0 spiro atoms. The van der Waals surface area contributed by atoms with Crippen molar-refractivity contribution in [3.05, 3.63) is 62.3 Å². The summed E-state index contributed by atoms with van der Waals surface area (Å²) in [6.07, 6.45) is 0. The molecular weight excluding hydrogens is 292 g/mol. The maximum absolute atomic E-state index is 10.9. The summed E-state index contributed by atoms with van der Waals surface area (Å²) in [5, 5.41) is 23.0. The minimum absolute atomic E-state index is 0.0751. The van der Waals surface area contributed by atoms with Gasteiger partial charge in [0.05, 0.1) is 16.6 Å². The molecule has 21 heavy (non-hydrogen) atoms.